The van der Waals surface area contributed by atoms with Crippen molar-refractivity contribution in [3.8, 4) is 0 Å². The van der Waals surface area contributed by atoms with Crippen LogP contribution in [0.5, 0.6) is 0 Å². The van der Waals surface area contributed by atoms with Crippen molar-refractivity contribution in [3.05, 3.63) is 23.8 Å². The molecule has 0 aliphatic rings. The molecule has 0 atom stereocenters. The van der Waals surface area contributed by atoms with E-state index >= 15 is 0 Å². The second kappa shape index (κ2) is 3.65. The smallest absolute Gasteiger partial charge is 0.328 e. The molecule has 0 radical (unpaired) electrons. The summed E-state index contributed by atoms with van der Waals surface area (Å²) in [5.41, 5.74) is 0.660. The summed E-state index contributed by atoms with van der Waals surface area (Å²) in [7, 11) is 0. The molecule has 0 aliphatic carbocycles. The van der Waals surface area contributed by atoms with Crippen molar-refractivity contribution in [2.45, 2.75) is 26.2 Å². The van der Waals surface area contributed by atoms with E-state index in [0.29, 0.717) is 5.69 Å². The van der Waals surface area contributed by atoms with Gasteiger partial charge in [0.15, 0.2) is 0 Å². The Morgan fingerprint density at radius 3 is 2.64 bits per heavy atom. The van der Waals surface area contributed by atoms with Crippen LogP contribution in [-0.4, -0.2) is 21.0 Å². The average molecular weight is 194 g/mol. The molecule has 14 heavy (non-hydrogen) atoms. The van der Waals surface area contributed by atoms with Crippen molar-refractivity contribution < 1.29 is 9.90 Å². The quantitative estimate of drug-likeness (QED) is 0.705. The Morgan fingerprint density at radius 2 is 2.21 bits per heavy atom. The zero-order chi connectivity index (χ0) is 10.8. The van der Waals surface area contributed by atoms with Gasteiger partial charge in [0.05, 0.1) is 11.9 Å². The molecule has 1 aromatic heterocycles. The number of carboxylic acid groups (broad SMARTS) is 1. The van der Waals surface area contributed by atoms with Gasteiger partial charge in [0.2, 0.25) is 0 Å². The first-order chi connectivity index (χ1) is 6.39. The van der Waals surface area contributed by atoms with E-state index < -0.39 is 5.97 Å². The highest BCUT2D eigenvalue weighted by molar-refractivity contribution is 5.84. The van der Waals surface area contributed by atoms with Crippen LogP contribution in [0, 0.1) is 0 Å². The Morgan fingerprint density at radius 1 is 1.57 bits per heavy atom. The molecule has 1 aromatic rings. The molecule has 4 nitrogen and oxygen atoms in total. The van der Waals surface area contributed by atoms with Gasteiger partial charge >= 0.3 is 5.97 Å². The van der Waals surface area contributed by atoms with Crippen LogP contribution in [-0.2, 0) is 10.2 Å². The minimum Gasteiger partial charge on any atom is -0.478 e. The number of hydrogen-bond acceptors (Lipinski definition) is 2. The fourth-order valence-electron chi connectivity index (χ4n) is 0.962. The van der Waals surface area contributed by atoms with Gasteiger partial charge in [0.1, 0.15) is 5.82 Å². The summed E-state index contributed by atoms with van der Waals surface area (Å²) in [5.74, 6) is -0.112. The van der Waals surface area contributed by atoms with Crippen LogP contribution in [0.2, 0.25) is 0 Å². The van der Waals surface area contributed by atoms with Gasteiger partial charge in [0.25, 0.3) is 0 Å². The average Bonchev–Trinajstić information content (AvgIpc) is 2.47. The number of nitrogens with zero attached hydrogens (tertiary/aromatic N) is 1. The van der Waals surface area contributed by atoms with Crippen LogP contribution in [0.25, 0.3) is 6.08 Å². The van der Waals surface area contributed by atoms with Crippen molar-refractivity contribution >= 4 is 12.0 Å². The zero-order valence-corrected chi connectivity index (χ0v) is 8.53. The van der Waals surface area contributed by atoms with E-state index in [9.17, 15) is 4.79 Å². The van der Waals surface area contributed by atoms with Crippen molar-refractivity contribution in [1.29, 1.82) is 0 Å². The molecule has 2 N–H and O–H groups in total. The molecule has 1 rings (SSSR count). The molecule has 0 bridgehead atoms. The number of nitrogens with one attached hydrogen (secondary N) is 1. The van der Waals surface area contributed by atoms with E-state index in [2.05, 4.69) is 9.97 Å². The molecule has 0 saturated carbocycles. The Balaban J connectivity index is 2.84. The maximum Gasteiger partial charge on any atom is 0.328 e. The minimum atomic E-state index is -0.961. The first-order valence-corrected chi connectivity index (χ1v) is 4.36. The number of aromatic nitrogens is 2. The number of rotatable bonds is 2. The van der Waals surface area contributed by atoms with Gasteiger partial charge in [0, 0.05) is 11.5 Å². The second-order valence-electron chi connectivity index (χ2n) is 4.11. The molecule has 4 heteroatoms. The van der Waals surface area contributed by atoms with E-state index in [4.69, 9.17) is 5.11 Å². The lowest BCUT2D eigenvalue weighted by Gasteiger charge is -2.13. The van der Waals surface area contributed by atoms with Crippen molar-refractivity contribution in [1.82, 2.24) is 9.97 Å². The predicted molar refractivity (Wildman–Crippen MR) is 54.0 cm³/mol. The predicted octanol–water partition coefficient (Wildman–Crippen LogP) is 1.80. The van der Waals surface area contributed by atoms with Crippen molar-refractivity contribution in [2.24, 2.45) is 0 Å². The van der Waals surface area contributed by atoms with Gasteiger partial charge in [-0.2, -0.15) is 0 Å². The third-order valence-electron chi connectivity index (χ3n) is 1.71. The highest BCUT2D eigenvalue weighted by atomic mass is 16.4. The lowest BCUT2D eigenvalue weighted by molar-refractivity contribution is -0.131. The number of carbonyl (C=O) groups is 1. The van der Waals surface area contributed by atoms with E-state index in [1.165, 1.54) is 6.08 Å². The highest BCUT2D eigenvalue weighted by Crippen LogP contribution is 2.18. The number of aliphatic carboxylic acids is 1. The lowest BCUT2D eigenvalue weighted by atomic mass is 9.96. The van der Waals surface area contributed by atoms with E-state index in [0.717, 1.165) is 11.9 Å². The molecule has 0 amide bonds. The van der Waals surface area contributed by atoms with E-state index in [-0.39, 0.29) is 5.41 Å². The summed E-state index contributed by atoms with van der Waals surface area (Å²) in [6, 6.07) is 0. The highest BCUT2D eigenvalue weighted by Gasteiger charge is 2.16. The molecule has 0 saturated heterocycles. The van der Waals surface area contributed by atoms with Crippen LogP contribution in [0.4, 0.5) is 0 Å². The van der Waals surface area contributed by atoms with Crippen LogP contribution in [0.15, 0.2) is 12.3 Å². The largest absolute Gasteiger partial charge is 0.478 e. The standard InChI is InChI=1S/C10H14N2O2/c1-10(2,3)9-11-6-7(12-9)4-5-8(13)14/h4-6H,1-3H3,(H,11,12)(H,13,14). The Hall–Kier alpha value is -1.58. The van der Waals surface area contributed by atoms with Gasteiger partial charge in [-0.25, -0.2) is 9.78 Å². The SMILES string of the molecule is CC(C)(C)c1ncc(C=CC(=O)O)[nH]1. The monoisotopic (exact) mass is 194 g/mol. The van der Waals surface area contributed by atoms with Gasteiger partial charge in [-0.3, -0.25) is 0 Å². The fourth-order valence-corrected chi connectivity index (χ4v) is 0.962. The molecule has 0 aromatic carbocycles. The van der Waals surface area contributed by atoms with E-state index in [1.807, 2.05) is 20.8 Å². The first-order valence-electron chi connectivity index (χ1n) is 4.36. The number of H-pyrrole nitrogens is 1. The second-order valence-corrected chi connectivity index (χ2v) is 4.11. The third kappa shape index (κ3) is 2.73. The summed E-state index contributed by atoms with van der Waals surface area (Å²) in [4.78, 5) is 17.5. The Labute approximate surface area is 82.7 Å². The van der Waals surface area contributed by atoms with Crippen LogP contribution in [0.3, 0.4) is 0 Å². The summed E-state index contributed by atoms with van der Waals surface area (Å²) >= 11 is 0. The minimum absolute atomic E-state index is 0.0463. The molecule has 0 fully saturated rings. The molecule has 0 unspecified atom stereocenters. The van der Waals surface area contributed by atoms with E-state index in [1.54, 1.807) is 6.20 Å². The Kier molecular flexibility index (Phi) is 2.74. The summed E-state index contributed by atoms with van der Waals surface area (Å²) < 4.78 is 0. The molecule has 1 heterocycles. The number of carboxylic acids is 1. The number of imidazole rings is 1. The van der Waals surface area contributed by atoms with Gasteiger partial charge in [-0.05, 0) is 6.08 Å². The normalized spacial score (nSPS) is 12.2. The Bertz CT molecular complexity index is 358. The van der Waals surface area contributed by atoms with Crippen LogP contribution < -0.4 is 0 Å². The van der Waals surface area contributed by atoms with Gasteiger partial charge in [-0.15, -0.1) is 0 Å². The number of aromatic amines is 1. The maximum absolute atomic E-state index is 10.3. The molecular weight excluding hydrogens is 180 g/mol. The molecule has 0 aliphatic heterocycles. The molecular formula is C10H14N2O2. The fraction of sp³-hybridized carbons (Fsp3) is 0.400. The molecule has 76 valence electrons. The first kappa shape index (κ1) is 10.5. The number of hydrogen-bond donors (Lipinski definition) is 2. The van der Waals surface area contributed by atoms with Gasteiger partial charge in [-0.1, -0.05) is 20.8 Å². The van der Waals surface area contributed by atoms with Crippen LogP contribution >= 0.6 is 0 Å². The summed E-state index contributed by atoms with van der Waals surface area (Å²) in [6.07, 6.45) is 4.20. The van der Waals surface area contributed by atoms with Gasteiger partial charge < -0.3 is 10.1 Å². The van der Waals surface area contributed by atoms with Crippen molar-refractivity contribution in [3.63, 3.8) is 0 Å². The zero-order valence-electron chi connectivity index (χ0n) is 8.53. The summed E-state index contributed by atoms with van der Waals surface area (Å²) in [5, 5.41) is 8.42. The summed E-state index contributed by atoms with van der Waals surface area (Å²) in [6.45, 7) is 6.11. The third-order valence-corrected chi connectivity index (χ3v) is 1.71. The molecule has 0 spiro atoms. The topological polar surface area (TPSA) is 66.0 Å². The van der Waals surface area contributed by atoms with Crippen molar-refractivity contribution in [2.75, 3.05) is 0 Å². The van der Waals surface area contributed by atoms with Crippen LogP contribution in [0.1, 0.15) is 32.3 Å². The lowest BCUT2D eigenvalue weighted by Crippen LogP contribution is -2.13. The maximum atomic E-state index is 10.3.